The number of anilines is 1. The summed E-state index contributed by atoms with van der Waals surface area (Å²) in [4.78, 5) is 14.2. The van der Waals surface area contributed by atoms with Gasteiger partial charge >= 0.3 is 0 Å². The highest BCUT2D eigenvalue weighted by atomic mass is 32.1. The van der Waals surface area contributed by atoms with E-state index in [1.165, 1.54) is 39.9 Å². The van der Waals surface area contributed by atoms with Crippen LogP contribution in [0, 0.1) is 5.92 Å². The fraction of sp³-hybridized carbons (Fsp3) is 0.625. The molecule has 1 aliphatic heterocycles. The van der Waals surface area contributed by atoms with E-state index in [-0.39, 0.29) is 6.10 Å². The molecular weight excluding hydrogens is 282 g/mol. The number of morpholine rings is 1. The summed E-state index contributed by atoms with van der Waals surface area (Å²) >= 11 is 1.87. The van der Waals surface area contributed by atoms with Gasteiger partial charge in [-0.25, -0.2) is 9.97 Å². The van der Waals surface area contributed by atoms with E-state index in [4.69, 9.17) is 4.74 Å². The Morgan fingerprint density at radius 1 is 1.33 bits per heavy atom. The molecule has 0 amide bonds. The zero-order valence-electron chi connectivity index (χ0n) is 12.6. The van der Waals surface area contributed by atoms with Gasteiger partial charge in [0.05, 0.1) is 18.1 Å². The molecule has 2 aromatic heterocycles. The maximum Gasteiger partial charge on any atom is 0.141 e. The van der Waals surface area contributed by atoms with Crippen LogP contribution in [0.5, 0.6) is 0 Å². The minimum atomic E-state index is 0.276. The molecule has 0 bridgehead atoms. The number of thiophene rings is 1. The molecular formula is C16H21N3OS. The summed E-state index contributed by atoms with van der Waals surface area (Å²) in [5.41, 5.74) is 1.52. The van der Waals surface area contributed by atoms with Crippen molar-refractivity contribution in [2.45, 2.75) is 39.2 Å². The highest BCUT2D eigenvalue weighted by Crippen LogP contribution is 2.40. The quantitative estimate of drug-likeness (QED) is 0.811. The number of aromatic nitrogens is 2. The standard InChI is InChI=1S/C16H21N3OS/c1-10-3-4-12-13(7-10)21-16-14(12)15(17-9-18-16)19-5-6-20-11(2)8-19/h9-11H,3-8H2,1-2H3. The van der Waals surface area contributed by atoms with Crippen LogP contribution in [-0.2, 0) is 17.6 Å². The molecule has 4 nitrogen and oxygen atoms in total. The fourth-order valence-corrected chi connectivity index (χ4v) is 4.85. The number of nitrogens with zero attached hydrogens (tertiary/aromatic N) is 3. The van der Waals surface area contributed by atoms with Crippen molar-refractivity contribution in [3.8, 4) is 0 Å². The lowest BCUT2D eigenvalue weighted by Gasteiger charge is -2.32. The van der Waals surface area contributed by atoms with Gasteiger partial charge in [-0.2, -0.15) is 0 Å². The van der Waals surface area contributed by atoms with Crippen LogP contribution in [0.2, 0.25) is 0 Å². The van der Waals surface area contributed by atoms with Gasteiger partial charge in [0.2, 0.25) is 0 Å². The van der Waals surface area contributed by atoms with Crippen LogP contribution in [0.1, 0.15) is 30.7 Å². The summed E-state index contributed by atoms with van der Waals surface area (Å²) in [7, 11) is 0. The first-order valence-corrected chi connectivity index (χ1v) is 8.66. The van der Waals surface area contributed by atoms with Gasteiger partial charge in [0, 0.05) is 18.0 Å². The first-order chi connectivity index (χ1) is 10.2. The highest BCUT2D eigenvalue weighted by Gasteiger charge is 2.26. The zero-order chi connectivity index (χ0) is 14.4. The Hall–Kier alpha value is -1.20. The zero-order valence-corrected chi connectivity index (χ0v) is 13.4. The van der Waals surface area contributed by atoms with Crippen molar-refractivity contribution in [3.63, 3.8) is 0 Å². The second-order valence-electron chi connectivity index (χ2n) is 6.36. The third-order valence-corrected chi connectivity index (χ3v) is 5.77. The Labute approximate surface area is 129 Å². The number of hydrogen-bond donors (Lipinski definition) is 0. The second kappa shape index (κ2) is 5.21. The van der Waals surface area contributed by atoms with Crippen LogP contribution in [0.3, 0.4) is 0 Å². The molecule has 1 saturated heterocycles. The normalized spacial score (nSPS) is 26.1. The number of hydrogen-bond acceptors (Lipinski definition) is 5. The number of aryl methyl sites for hydroxylation is 1. The molecule has 5 heteroatoms. The van der Waals surface area contributed by atoms with E-state index in [0.29, 0.717) is 0 Å². The largest absolute Gasteiger partial charge is 0.375 e. The van der Waals surface area contributed by atoms with E-state index in [1.807, 2.05) is 11.3 Å². The van der Waals surface area contributed by atoms with Crippen LogP contribution in [0.4, 0.5) is 5.82 Å². The number of fused-ring (bicyclic) bond motifs is 3. The minimum absolute atomic E-state index is 0.276. The molecule has 2 unspecified atom stereocenters. The molecule has 1 fully saturated rings. The molecule has 2 aliphatic rings. The lowest BCUT2D eigenvalue weighted by atomic mass is 9.89. The van der Waals surface area contributed by atoms with Gasteiger partial charge in [0.1, 0.15) is 17.0 Å². The summed E-state index contributed by atoms with van der Waals surface area (Å²) < 4.78 is 5.67. The average molecular weight is 303 g/mol. The fourth-order valence-electron chi connectivity index (χ4n) is 3.51. The summed E-state index contributed by atoms with van der Waals surface area (Å²) in [6, 6.07) is 0. The third kappa shape index (κ3) is 2.32. The van der Waals surface area contributed by atoms with Crippen LogP contribution in [0.15, 0.2) is 6.33 Å². The minimum Gasteiger partial charge on any atom is -0.375 e. The molecule has 1 aliphatic carbocycles. The Kier molecular flexibility index (Phi) is 3.34. The lowest BCUT2D eigenvalue weighted by Crippen LogP contribution is -2.41. The molecule has 0 saturated carbocycles. The molecule has 3 heterocycles. The van der Waals surface area contributed by atoms with Crippen molar-refractivity contribution >= 4 is 27.4 Å². The molecule has 0 N–H and O–H groups in total. The molecule has 0 radical (unpaired) electrons. The van der Waals surface area contributed by atoms with Crippen molar-refractivity contribution < 1.29 is 4.74 Å². The van der Waals surface area contributed by atoms with Crippen LogP contribution in [0.25, 0.3) is 10.2 Å². The maximum absolute atomic E-state index is 5.67. The number of ether oxygens (including phenoxy) is 1. The molecule has 4 rings (SSSR count). The van der Waals surface area contributed by atoms with Crippen molar-refractivity contribution in [1.82, 2.24) is 9.97 Å². The van der Waals surface area contributed by atoms with E-state index >= 15 is 0 Å². The first-order valence-electron chi connectivity index (χ1n) is 7.84. The third-order valence-electron chi connectivity index (χ3n) is 4.61. The van der Waals surface area contributed by atoms with E-state index in [9.17, 15) is 0 Å². The van der Waals surface area contributed by atoms with Crippen LogP contribution < -0.4 is 4.90 Å². The summed E-state index contributed by atoms with van der Waals surface area (Å²) in [6.45, 7) is 7.12. The number of rotatable bonds is 1. The van der Waals surface area contributed by atoms with Gasteiger partial charge in [-0.15, -0.1) is 11.3 Å². The Morgan fingerprint density at radius 2 is 2.24 bits per heavy atom. The Bertz CT molecular complexity index is 669. The average Bonchev–Trinajstić information content (AvgIpc) is 2.84. The second-order valence-corrected chi connectivity index (χ2v) is 7.44. The van der Waals surface area contributed by atoms with Crippen LogP contribution in [-0.4, -0.2) is 35.8 Å². The van der Waals surface area contributed by atoms with Gasteiger partial charge in [-0.3, -0.25) is 0 Å². The topological polar surface area (TPSA) is 38.2 Å². The SMILES string of the molecule is CC1CCc2c(sc3ncnc(N4CCOC(C)C4)c23)C1. The lowest BCUT2D eigenvalue weighted by molar-refractivity contribution is 0.0530. The molecule has 2 atom stereocenters. The molecule has 0 spiro atoms. The van der Waals surface area contributed by atoms with Gasteiger partial charge in [-0.1, -0.05) is 6.92 Å². The molecule has 112 valence electrons. The molecule has 2 aromatic rings. The van der Waals surface area contributed by atoms with Crippen molar-refractivity contribution in [2.75, 3.05) is 24.6 Å². The summed E-state index contributed by atoms with van der Waals surface area (Å²) in [5.74, 6) is 1.92. The van der Waals surface area contributed by atoms with E-state index < -0.39 is 0 Å². The summed E-state index contributed by atoms with van der Waals surface area (Å²) in [5, 5.41) is 1.32. The predicted molar refractivity (Wildman–Crippen MR) is 86.2 cm³/mol. The van der Waals surface area contributed by atoms with E-state index in [2.05, 4.69) is 28.7 Å². The van der Waals surface area contributed by atoms with Gasteiger partial charge in [0.15, 0.2) is 0 Å². The van der Waals surface area contributed by atoms with Crippen molar-refractivity contribution in [2.24, 2.45) is 5.92 Å². The maximum atomic E-state index is 5.67. The highest BCUT2D eigenvalue weighted by molar-refractivity contribution is 7.19. The summed E-state index contributed by atoms with van der Waals surface area (Å²) in [6.07, 6.45) is 5.67. The Balaban J connectivity index is 1.82. The van der Waals surface area contributed by atoms with Crippen LogP contribution >= 0.6 is 11.3 Å². The van der Waals surface area contributed by atoms with Gasteiger partial charge in [0.25, 0.3) is 0 Å². The monoisotopic (exact) mass is 303 g/mol. The molecule has 21 heavy (non-hydrogen) atoms. The first kappa shape index (κ1) is 13.5. The Morgan fingerprint density at radius 3 is 3.10 bits per heavy atom. The van der Waals surface area contributed by atoms with Crippen molar-refractivity contribution in [3.05, 3.63) is 16.8 Å². The van der Waals surface area contributed by atoms with E-state index in [1.54, 1.807) is 6.33 Å². The predicted octanol–water partition coefficient (Wildman–Crippen LogP) is 3.04. The van der Waals surface area contributed by atoms with Gasteiger partial charge in [-0.05, 0) is 37.7 Å². The molecule has 0 aromatic carbocycles. The van der Waals surface area contributed by atoms with Gasteiger partial charge < -0.3 is 9.64 Å². The van der Waals surface area contributed by atoms with E-state index in [0.717, 1.165) is 31.4 Å². The smallest absolute Gasteiger partial charge is 0.141 e. The van der Waals surface area contributed by atoms with Crippen molar-refractivity contribution in [1.29, 1.82) is 0 Å².